The van der Waals surface area contributed by atoms with E-state index in [9.17, 15) is 9.59 Å². The van der Waals surface area contributed by atoms with Gasteiger partial charge in [0.05, 0.1) is 5.60 Å². The third-order valence-electron chi connectivity index (χ3n) is 2.73. The van der Waals surface area contributed by atoms with Gasteiger partial charge in [-0.05, 0) is 39.5 Å². The fourth-order valence-electron chi connectivity index (χ4n) is 1.66. The number of likely N-dealkylation sites (N-methyl/N-ethyl adjacent to an activating group) is 1. The highest BCUT2D eigenvalue weighted by Crippen LogP contribution is 2.19. The molecule has 19 heavy (non-hydrogen) atoms. The predicted molar refractivity (Wildman–Crippen MR) is 75.7 cm³/mol. The van der Waals surface area contributed by atoms with Crippen molar-refractivity contribution < 1.29 is 14.3 Å². The topological polar surface area (TPSA) is 67.4 Å². The molecule has 0 rings (SSSR count). The quantitative estimate of drug-likeness (QED) is 0.376. The molecule has 5 heteroatoms. The zero-order chi connectivity index (χ0) is 14.9. The molecule has 1 atom stereocenters. The normalized spacial score (nSPS) is 12.6. The van der Waals surface area contributed by atoms with Gasteiger partial charge in [0.2, 0.25) is 12.3 Å². The summed E-state index contributed by atoms with van der Waals surface area (Å²) >= 11 is 0. The summed E-state index contributed by atoms with van der Waals surface area (Å²) in [5, 5.41) is 5.18. The smallest absolute Gasteiger partial charge is 0.246 e. The monoisotopic (exact) mass is 270 g/mol. The molecule has 1 unspecified atom stereocenters. The average Bonchev–Trinajstić information content (AvgIpc) is 2.34. The van der Waals surface area contributed by atoms with Gasteiger partial charge in [0.25, 0.3) is 0 Å². The van der Waals surface area contributed by atoms with E-state index in [1.54, 1.807) is 7.05 Å². The Morgan fingerprint density at radius 1 is 1.37 bits per heavy atom. The Morgan fingerprint density at radius 3 is 2.47 bits per heavy atom. The number of nitrogens with one attached hydrogen (secondary N) is 2. The van der Waals surface area contributed by atoms with E-state index in [4.69, 9.17) is 4.74 Å². The lowest BCUT2D eigenvalue weighted by molar-refractivity contribution is -0.117. The summed E-state index contributed by atoms with van der Waals surface area (Å²) in [6.07, 6.45) is 2.05. The summed E-state index contributed by atoms with van der Waals surface area (Å²) in [5.41, 5.74) is 0.340. The van der Waals surface area contributed by atoms with Crippen LogP contribution in [0.25, 0.3) is 0 Å². The van der Waals surface area contributed by atoms with Gasteiger partial charge in [-0.2, -0.15) is 0 Å². The number of carbonyl (C=O) groups is 2. The van der Waals surface area contributed by atoms with Crippen LogP contribution in [0.15, 0.2) is 12.2 Å². The summed E-state index contributed by atoms with van der Waals surface area (Å²) < 4.78 is 5.67. The maximum atomic E-state index is 11.6. The van der Waals surface area contributed by atoms with Gasteiger partial charge in [-0.25, -0.2) is 0 Å². The molecule has 0 spiro atoms. The van der Waals surface area contributed by atoms with Crippen LogP contribution in [0.1, 0.15) is 33.6 Å². The maximum Gasteiger partial charge on any atom is 0.246 e. The van der Waals surface area contributed by atoms with Gasteiger partial charge in [-0.3, -0.25) is 9.59 Å². The van der Waals surface area contributed by atoms with Gasteiger partial charge in [0.15, 0.2) is 0 Å². The van der Waals surface area contributed by atoms with Crippen molar-refractivity contribution in [3.63, 3.8) is 0 Å². The van der Waals surface area contributed by atoms with E-state index in [2.05, 4.69) is 17.2 Å². The Kier molecular flexibility index (Phi) is 8.07. The van der Waals surface area contributed by atoms with Crippen molar-refractivity contribution in [1.29, 1.82) is 0 Å². The molecule has 0 aromatic heterocycles. The van der Waals surface area contributed by atoms with E-state index in [1.807, 2.05) is 20.8 Å². The first kappa shape index (κ1) is 17.6. The van der Waals surface area contributed by atoms with Gasteiger partial charge < -0.3 is 15.4 Å². The second kappa shape index (κ2) is 8.69. The lowest BCUT2D eigenvalue weighted by Crippen LogP contribution is -2.28. The van der Waals surface area contributed by atoms with Crippen molar-refractivity contribution in [2.24, 2.45) is 5.92 Å². The number of ether oxygens (including phenoxy) is 1. The van der Waals surface area contributed by atoms with Gasteiger partial charge in [-0.1, -0.05) is 6.58 Å². The second-order valence-electron chi connectivity index (χ2n) is 5.41. The van der Waals surface area contributed by atoms with Crippen LogP contribution in [0, 0.1) is 5.92 Å². The molecule has 2 N–H and O–H groups in total. The van der Waals surface area contributed by atoms with Crippen molar-refractivity contribution in [2.45, 2.75) is 39.2 Å². The minimum atomic E-state index is -0.194. The molecule has 0 aliphatic rings. The average molecular weight is 270 g/mol. The van der Waals surface area contributed by atoms with E-state index in [0.717, 1.165) is 0 Å². The minimum absolute atomic E-state index is 0.00903. The Labute approximate surface area is 115 Å². The molecule has 110 valence electrons. The summed E-state index contributed by atoms with van der Waals surface area (Å²) in [5.74, 6) is -0.151. The van der Waals surface area contributed by atoms with Crippen molar-refractivity contribution in [3.05, 3.63) is 12.2 Å². The molecule has 0 fully saturated rings. The van der Waals surface area contributed by atoms with Crippen LogP contribution in [-0.4, -0.2) is 38.1 Å². The fraction of sp³-hybridized carbons (Fsp3) is 0.714. The fourth-order valence-corrected chi connectivity index (χ4v) is 1.66. The number of hydrogen-bond acceptors (Lipinski definition) is 3. The van der Waals surface area contributed by atoms with Crippen LogP contribution >= 0.6 is 0 Å². The largest absolute Gasteiger partial charge is 0.376 e. The van der Waals surface area contributed by atoms with Crippen molar-refractivity contribution >= 4 is 12.3 Å². The molecule has 0 bridgehead atoms. The number of hydrogen-bond donors (Lipinski definition) is 2. The first-order valence-corrected chi connectivity index (χ1v) is 6.53. The first-order valence-electron chi connectivity index (χ1n) is 6.53. The lowest BCUT2D eigenvalue weighted by atomic mass is 9.93. The third kappa shape index (κ3) is 8.37. The van der Waals surface area contributed by atoms with Crippen LogP contribution in [-0.2, 0) is 14.3 Å². The minimum Gasteiger partial charge on any atom is -0.376 e. The SMILES string of the molecule is C=C(C(=O)NC)C(CCNC=O)CCOC(C)(C)C. The summed E-state index contributed by atoms with van der Waals surface area (Å²) in [6, 6.07) is 0. The third-order valence-corrected chi connectivity index (χ3v) is 2.73. The summed E-state index contributed by atoms with van der Waals surface area (Å²) in [4.78, 5) is 21.9. The maximum absolute atomic E-state index is 11.6. The van der Waals surface area contributed by atoms with Crippen molar-refractivity contribution in [1.82, 2.24) is 10.6 Å². The van der Waals surface area contributed by atoms with Gasteiger partial charge in [0.1, 0.15) is 0 Å². The first-order chi connectivity index (χ1) is 8.81. The van der Waals surface area contributed by atoms with Crippen LogP contribution < -0.4 is 10.6 Å². The highest BCUT2D eigenvalue weighted by Gasteiger charge is 2.19. The molecule has 0 aromatic rings. The zero-order valence-corrected chi connectivity index (χ0v) is 12.4. The Hall–Kier alpha value is -1.36. The van der Waals surface area contributed by atoms with E-state index in [-0.39, 0.29) is 17.4 Å². The van der Waals surface area contributed by atoms with Gasteiger partial charge in [0, 0.05) is 25.8 Å². The zero-order valence-electron chi connectivity index (χ0n) is 12.4. The van der Waals surface area contributed by atoms with E-state index >= 15 is 0 Å². The van der Waals surface area contributed by atoms with Crippen LogP contribution in [0.3, 0.4) is 0 Å². The molecule has 0 saturated carbocycles. The predicted octanol–water partition coefficient (Wildman–Crippen LogP) is 1.25. The number of rotatable bonds is 9. The van der Waals surface area contributed by atoms with E-state index < -0.39 is 0 Å². The summed E-state index contributed by atoms with van der Waals surface area (Å²) in [6.45, 7) is 10.9. The molecular weight excluding hydrogens is 244 g/mol. The lowest BCUT2D eigenvalue weighted by Gasteiger charge is -2.23. The highest BCUT2D eigenvalue weighted by molar-refractivity contribution is 5.93. The Balaban J connectivity index is 4.36. The molecule has 0 radical (unpaired) electrons. The highest BCUT2D eigenvalue weighted by atomic mass is 16.5. The van der Waals surface area contributed by atoms with Crippen molar-refractivity contribution in [3.8, 4) is 0 Å². The number of carbonyl (C=O) groups excluding carboxylic acids is 2. The van der Waals surface area contributed by atoms with Crippen LogP contribution in [0.2, 0.25) is 0 Å². The van der Waals surface area contributed by atoms with Gasteiger partial charge >= 0.3 is 0 Å². The summed E-state index contributed by atoms with van der Waals surface area (Å²) in [7, 11) is 1.58. The van der Waals surface area contributed by atoms with Gasteiger partial charge in [-0.15, -0.1) is 0 Å². The second-order valence-corrected chi connectivity index (χ2v) is 5.41. The van der Waals surface area contributed by atoms with Crippen LogP contribution in [0.5, 0.6) is 0 Å². The number of amides is 2. The Morgan fingerprint density at radius 2 is 2.00 bits per heavy atom. The molecule has 0 aromatic carbocycles. The molecular formula is C14H26N2O3. The van der Waals surface area contributed by atoms with E-state index in [1.165, 1.54) is 0 Å². The standard InChI is InChI=1S/C14H26N2O3/c1-11(13(18)15-5)12(6-8-16-10-17)7-9-19-14(2,3)4/h10,12H,1,6-9H2,2-5H3,(H,15,18)(H,16,17). The molecule has 0 saturated heterocycles. The molecule has 5 nitrogen and oxygen atoms in total. The molecule has 0 aliphatic heterocycles. The van der Waals surface area contributed by atoms with E-state index in [0.29, 0.717) is 38.0 Å². The molecule has 0 aliphatic carbocycles. The molecule has 2 amide bonds. The van der Waals surface area contributed by atoms with Crippen LogP contribution in [0.4, 0.5) is 0 Å². The Bertz CT molecular complexity index is 308. The van der Waals surface area contributed by atoms with Crippen molar-refractivity contribution in [2.75, 3.05) is 20.2 Å². The molecule has 0 heterocycles.